The number of carbonyl (C=O) groups excluding carboxylic acids is 2. The van der Waals surface area contributed by atoms with Crippen LogP contribution in [0.15, 0.2) is 35.5 Å². The summed E-state index contributed by atoms with van der Waals surface area (Å²) >= 11 is 0. The minimum atomic E-state index is -0.0487. The van der Waals surface area contributed by atoms with Crippen molar-refractivity contribution in [3.63, 3.8) is 0 Å². The molecule has 0 radical (unpaired) electrons. The first-order valence-electron chi connectivity index (χ1n) is 5.10. The van der Waals surface area contributed by atoms with Gasteiger partial charge in [0, 0.05) is 24.5 Å². The number of hydrogen-bond donors (Lipinski definition) is 1. The average molecular weight is 203 g/mol. The molecule has 1 N–H and O–H groups in total. The molecular weight excluding hydrogens is 190 g/mol. The van der Waals surface area contributed by atoms with Crippen LogP contribution in [0.5, 0.6) is 0 Å². The second-order valence-corrected chi connectivity index (χ2v) is 3.78. The molecule has 3 heteroatoms. The summed E-state index contributed by atoms with van der Waals surface area (Å²) < 4.78 is 0. The Bertz CT molecular complexity index is 377. The summed E-state index contributed by atoms with van der Waals surface area (Å²) in [4.78, 5) is 22.1. The Hall–Kier alpha value is -1.64. The number of amides is 1. The van der Waals surface area contributed by atoms with E-state index in [-0.39, 0.29) is 11.8 Å². The summed E-state index contributed by atoms with van der Waals surface area (Å²) in [6, 6.07) is 0. The van der Waals surface area contributed by atoms with E-state index in [9.17, 15) is 9.59 Å². The lowest BCUT2D eigenvalue weighted by molar-refractivity contribution is -0.117. The molecule has 1 aliphatic carbocycles. The second kappa shape index (κ2) is 4.26. The van der Waals surface area contributed by atoms with Crippen molar-refractivity contribution in [3.05, 3.63) is 35.5 Å². The number of aldehydes is 1. The molecule has 2 rings (SSSR count). The van der Waals surface area contributed by atoms with Gasteiger partial charge in [0.2, 0.25) is 0 Å². The van der Waals surface area contributed by atoms with Gasteiger partial charge in [-0.2, -0.15) is 0 Å². The highest BCUT2D eigenvalue weighted by atomic mass is 16.1. The SMILES string of the molecule is O=CCC1CNC(=O)C2=CC=CCC1=C2. The van der Waals surface area contributed by atoms with Gasteiger partial charge in [0.25, 0.3) is 5.91 Å². The topological polar surface area (TPSA) is 46.2 Å². The zero-order valence-electron chi connectivity index (χ0n) is 8.40. The third kappa shape index (κ3) is 2.06. The highest BCUT2D eigenvalue weighted by Crippen LogP contribution is 2.24. The molecule has 1 heterocycles. The average Bonchev–Trinajstić information content (AvgIpc) is 2.55. The lowest BCUT2D eigenvalue weighted by Crippen LogP contribution is -2.28. The largest absolute Gasteiger partial charge is 0.351 e. The van der Waals surface area contributed by atoms with Crippen LogP contribution in [-0.4, -0.2) is 18.7 Å². The van der Waals surface area contributed by atoms with E-state index in [0.717, 1.165) is 12.7 Å². The number of hydrogen-bond acceptors (Lipinski definition) is 2. The quantitative estimate of drug-likeness (QED) is 0.684. The Morgan fingerprint density at radius 2 is 2.40 bits per heavy atom. The van der Waals surface area contributed by atoms with Crippen LogP contribution >= 0.6 is 0 Å². The second-order valence-electron chi connectivity index (χ2n) is 3.78. The molecule has 78 valence electrons. The van der Waals surface area contributed by atoms with E-state index in [1.54, 1.807) is 0 Å². The van der Waals surface area contributed by atoms with Crippen LogP contribution in [0.4, 0.5) is 0 Å². The van der Waals surface area contributed by atoms with Crippen molar-refractivity contribution in [2.75, 3.05) is 6.54 Å². The van der Waals surface area contributed by atoms with E-state index >= 15 is 0 Å². The predicted octanol–water partition coefficient (Wildman–Crippen LogP) is 1.13. The van der Waals surface area contributed by atoms with Crippen molar-refractivity contribution >= 4 is 12.2 Å². The van der Waals surface area contributed by atoms with E-state index in [0.29, 0.717) is 18.5 Å². The number of carbonyl (C=O) groups is 2. The van der Waals surface area contributed by atoms with Gasteiger partial charge in [0.15, 0.2) is 0 Å². The van der Waals surface area contributed by atoms with Crippen molar-refractivity contribution in [3.8, 4) is 0 Å². The van der Waals surface area contributed by atoms with Crippen molar-refractivity contribution in [1.29, 1.82) is 0 Å². The minimum absolute atomic E-state index is 0.0487. The van der Waals surface area contributed by atoms with E-state index < -0.39 is 0 Å². The zero-order valence-corrected chi connectivity index (χ0v) is 8.40. The highest BCUT2D eigenvalue weighted by Gasteiger charge is 2.21. The van der Waals surface area contributed by atoms with Gasteiger partial charge in [0.1, 0.15) is 6.29 Å². The predicted molar refractivity (Wildman–Crippen MR) is 57.1 cm³/mol. The molecular formula is C12H13NO2. The molecule has 2 aliphatic rings. The number of fused-ring (bicyclic) bond motifs is 1. The first-order valence-corrected chi connectivity index (χ1v) is 5.10. The van der Waals surface area contributed by atoms with Crippen LogP contribution in [0.25, 0.3) is 0 Å². The molecule has 1 atom stereocenters. The molecule has 0 saturated carbocycles. The Morgan fingerprint density at radius 3 is 3.20 bits per heavy atom. The maximum atomic E-state index is 11.6. The molecule has 0 aromatic carbocycles. The molecule has 1 amide bonds. The maximum absolute atomic E-state index is 11.6. The van der Waals surface area contributed by atoms with E-state index in [2.05, 4.69) is 5.32 Å². The molecule has 15 heavy (non-hydrogen) atoms. The molecule has 1 aliphatic heterocycles. The summed E-state index contributed by atoms with van der Waals surface area (Å²) in [5.74, 6) is 0.104. The lowest BCUT2D eigenvalue weighted by atomic mass is 9.93. The summed E-state index contributed by atoms with van der Waals surface area (Å²) in [5.41, 5.74) is 1.85. The number of rotatable bonds is 2. The van der Waals surface area contributed by atoms with E-state index in [4.69, 9.17) is 0 Å². The third-order valence-electron chi connectivity index (χ3n) is 2.78. The summed E-state index contributed by atoms with van der Waals surface area (Å²) in [6.07, 6.45) is 9.86. The van der Waals surface area contributed by atoms with Gasteiger partial charge >= 0.3 is 0 Å². The zero-order chi connectivity index (χ0) is 10.7. The van der Waals surface area contributed by atoms with Crippen LogP contribution in [0.2, 0.25) is 0 Å². The van der Waals surface area contributed by atoms with Gasteiger partial charge in [0.05, 0.1) is 0 Å². The van der Waals surface area contributed by atoms with Crippen LogP contribution in [0.1, 0.15) is 12.8 Å². The van der Waals surface area contributed by atoms with Crippen LogP contribution < -0.4 is 5.32 Å². The van der Waals surface area contributed by atoms with Crippen LogP contribution in [0.3, 0.4) is 0 Å². The highest BCUT2D eigenvalue weighted by molar-refractivity contribution is 5.97. The van der Waals surface area contributed by atoms with Crippen molar-refractivity contribution in [2.45, 2.75) is 12.8 Å². The molecule has 3 nitrogen and oxygen atoms in total. The van der Waals surface area contributed by atoms with Crippen molar-refractivity contribution in [1.82, 2.24) is 5.32 Å². The maximum Gasteiger partial charge on any atom is 0.251 e. The van der Waals surface area contributed by atoms with Gasteiger partial charge in [-0.3, -0.25) is 4.79 Å². The monoisotopic (exact) mass is 203 g/mol. The van der Waals surface area contributed by atoms with Crippen LogP contribution in [-0.2, 0) is 9.59 Å². The molecule has 0 aromatic rings. The first-order chi connectivity index (χ1) is 7.31. The molecule has 2 bridgehead atoms. The van der Waals surface area contributed by atoms with Crippen molar-refractivity contribution < 1.29 is 9.59 Å². The Morgan fingerprint density at radius 1 is 1.53 bits per heavy atom. The number of nitrogens with one attached hydrogen (secondary N) is 1. The Kier molecular flexibility index (Phi) is 2.81. The fraction of sp³-hybridized carbons (Fsp3) is 0.333. The van der Waals surface area contributed by atoms with Gasteiger partial charge in [-0.15, -0.1) is 0 Å². The van der Waals surface area contributed by atoms with Gasteiger partial charge in [-0.05, 0) is 18.6 Å². The van der Waals surface area contributed by atoms with E-state index in [1.807, 2.05) is 24.3 Å². The van der Waals surface area contributed by atoms with E-state index in [1.165, 1.54) is 5.57 Å². The summed E-state index contributed by atoms with van der Waals surface area (Å²) in [7, 11) is 0. The lowest BCUT2D eigenvalue weighted by Gasteiger charge is -2.14. The Balaban J connectivity index is 2.32. The van der Waals surface area contributed by atoms with Crippen molar-refractivity contribution in [2.24, 2.45) is 5.92 Å². The van der Waals surface area contributed by atoms with Crippen LogP contribution in [0, 0.1) is 5.92 Å². The normalized spacial score (nSPS) is 24.5. The molecule has 0 fully saturated rings. The van der Waals surface area contributed by atoms with Gasteiger partial charge < -0.3 is 10.1 Å². The third-order valence-corrected chi connectivity index (χ3v) is 2.78. The summed E-state index contributed by atoms with van der Waals surface area (Å²) in [6.45, 7) is 0.564. The Labute approximate surface area is 88.5 Å². The number of allylic oxidation sites excluding steroid dienone is 3. The molecule has 0 saturated heterocycles. The molecule has 0 aromatic heterocycles. The smallest absolute Gasteiger partial charge is 0.251 e. The molecule has 0 spiro atoms. The summed E-state index contributed by atoms with van der Waals surface area (Å²) in [5, 5.41) is 2.83. The van der Waals surface area contributed by atoms with Gasteiger partial charge in [-0.1, -0.05) is 17.7 Å². The molecule has 1 unspecified atom stereocenters. The first kappa shape index (κ1) is 9.90. The van der Waals surface area contributed by atoms with Gasteiger partial charge in [-0.25, -0.2) is 0 Å². The minimum Gasteiger partial charge on any atom is -0.351 e. The standard InChI is InChI=1S/C12H13NO2/c14-6-5-11-8-13-12(15)10-4-2-1-3-9(11)7-10/h1-2,4,6-7,11H,3,5,8H2,(H,13,15). The fourth-order valence-corrected chi connectivity index (χ4v) is 1.91. The fourth-order valence-electron chi connectivity index (χ4n) is 1.91.